The Kier molecular flexibility index (Phi) is 6.35. The molecule has 1 aliphatic rings. The summed E-state index contributed by atoms with van der Waals surface area (Å²) < 4.78 is 20.5. The van der Waals surface area contributed by atoms with Gasteiger partial charge in [0.1, 0.15) is 18.8 Å². The second kappa shape index (κ2) is 8.48. The van der Waals surface area contributed by atoms with Crippen LogP contribution in [-0.2, 0) is 35.1 Å². The van der Waals surface area contributed by atoms with Gasteiger partial charge in [0.05, 0.1) is 7.11 Å². The first-order valence-electron chi connectivity index (χ1n) is 7.74. The highest BCUT2D eigenvalue weighted by molar-refractivity contribution is 5.82. The third-order valence-electron chi connectivity index (χ3n) is 3.83. The zero-order valence-corrected chi connectivity index (χ0v) is 14.3. The zero-order valence-electron chi connectivity index (χ0n) is 14.3. The molecule has 25 heavy (non-hydrogen) atoms. The molecule has 0 N–H and O–H groups in total. The molecule has 3 atom stereocenters. The van der Waals surface area contributed by atoms with E-state index < -0.39 is 36.4 Å². The van der Waals surface area contributed by atoms with E-state index in [0.29, 0.717) is 0 Å². The molecule has 1 amide bonds. The highest BCUT2D eigenvalue weighted by Gasteiger charge is 2.50. The first kappa shape index (κ1) is 18.7. The zero-order chi connectivity index (χ0) is 18.4. The summed E-state index contributed by atoms with van der Waals surface area (Å²) in [5, 5.41) is 0. The molecule has 0 saturated carbocycles. The molecule has 0 unspecified atom stereocenters. The second-order valence-corrected chi connectivity index (χ2v) is 5.50. The fourth-order valence-corrected chi connectivity index (χ4v) is 2.76. The molecule has 1 saturated heterocycles. The first-order valence-corrected chi connectivity index (χ1v) is 7.74. The number of methoxy groups -OCH3 is 2. The number of carbonyl (C=O) groups is 3. The van der Waals surface area contributed by atoms with Gasteiger partial charge >= 0.3 is 18.0 Å². The van der Waals surface area contributed by atoms with E-state index in [2.05, 4.69) is 0 Å². The maximum absolute atomic E-state index is 12.5. The normalized spacial score (nSPS) is 22.4. The molecule has 0 spiro atoms. The number of likely N-dealkylation sites (tertiary alicyclic amines) is 1. The van der Waals surface area contributed by atoms with Crippen LogP contribution in [-0.4, -0.2) is 55.5 Å². The average Bonchev–Trinajstić information content (AvgIpc) is 2.97. The lowest BCUT2D eigenvalue weighted by atomic mass is 10.2. The molecule has 1 aromatic carbocycles. The number of amides is 1. The molecule has 1 aliphatic heterocycles. The fraction of sp³-hybridized carbons (Fsp3) is 0.471. The van der Waals surface area contributed by atoms with Crippen molar-refractivity contribution in [2.45, 2.75) is 38.3 Å². The summed E-state index contributed by atoms with van der Waals surface area (Å²) in [5.74, 6) is -1.16. The number of esters is 2. The maximum Gasteiger partial charge on any atom is 0.413 e. The Bertz CT molecular complexity index is 619. The van der Waals surface area contributed by atoms with E-state index in [4.69, 9.17) is 18.9 Å². The van der Waals surface area contributed by atoms with Gasteiger partial charge in [0.25, 0.3) is 0 Å². The number of hydrogen-bond donors (Lipinski definition) is 0. The molecule has 0 bridgehead atoms. The van der Waals surface area contributed by atoms with Crippen LogP contribution in [0.5, 0.6) is 0 Å². The summed E-state index contributed by atoms with van der Waals surface area (Å²) >= 11 is 0. The maximum atomic E-state index is 12.5. The lowest BCUT2D eigenvalue weighted by molar-refractivity contribution is -0.156. The Morgan fingerprint density at radius 3 is 2.40 bits per heavy atom. The summed E-state index contributed by atoms with van der Waals surface area (Å²) in [7, 11) is 2.58. The largest absolute Gasteiger partial charge is 0.467 e. The van der Waals surface area contributed by atoms with Gasteiger partial charge in [-0.05, 0) is 5.56 Å². The van der Waals surface area contributed by atoms with Crippen LogP contribution in [0.2, 0.25) is 0 Å². The van der Waals surface area contributed by atoms with Gasteiger partial charge in [0.2, 0.25) is 0 Å². The van der Waals surface area contributed by atoms with E-state index in [1.54, 1.807) is 0 Å². The third kappa shape index (κ3) is 4.48. The Balaban J connectivity index is 2.15. The molecule has 1 aromatic rings. The van der Waals surface area contributed by atoms with Crippen molar-refractivity contribution >= 4 is 18.0 Å². The van der Waals surface area contributed by atoms with Gasteiger partial charge in [-0.25, -0.2) is 9.59 Å². The SMILES string of the molecule is COC(=O)[C@@H]1C[C@H](OC(C)=O)[C@@H](OC)N1C(=O)OCc1ccccc1. The van der Waals surface area contributed by atoms with E-state index in [1.807, 2.05) is 30.3 Å². The van der Waals surface area contributed by atoms with Gasteiger partial charge in [-0.2, -0.15) is 0 Å². The van der Waals surface area contributed by atoms with Gasteiger partial charge < -0.3 is 18.9 Å². The number of ether oxygens (including phenoxy) is 4. The van der Waals surface area contributed by atoms with E-state index in [-0.39, 0.29) is 13.0 Å². The first-order chi connectivity index (χ1) is 12.0. The highest BCUT2D eigenvalue weighted by Crippen LogP contribution is 2.29. The standard InChI is InChI=1S/C17H21NO7/c1-11(19)25-14-9-13(16(20)23-3)18(15(14)22-2)17(21)24-10-12-7-5-4-6-8-12/h4-8,13-15H,9-10H2,1-3H3/t13-,14-,15+/m0/s1. The van der Waals surface area contributed by atoms with Crippen LogP contribution >= 0.6 is 0 Å². The van der Waals surface area contributed by atoms with E-state index in [0.717, 1.165) is 10.5 Å². The van der Waals surface area contributed by atoms with Crippen molar-refractivity contribution in [3.05, 3.63) is 35.9 Å². The lowest BCUT2D eigenvalue weighted by Crippen LogP contribution is -2.48. The molecule has 0 aromatic heterocycles. The van der Waals surface area contributed by atoms with E-state index in [1.165, 1.54) is 21.1 Å². The third-order valence-corrected chi connectivity index (χ3v) is 3.83. The van der Waals surface area contributed by atoms with Crippen molar-refractivity contribution in [1.82, 2.24) is 4.90 Å². The van der Waals surface area contributed by atoms with Crippen LogP contribution in [0, 0.1) is 0 Å². The molecule has 136 valence electrons. The number of carbonyl (C=O) groups excluding carboxylic acids is 3. The minimum absolute atomic E-state index is 0.0404. The summed E-state index contributed by atoms with van der Waals surface area (Å²) in [5.41, 5.74) is 0.801. The predicted octanol–water partition coefficient (Wildman–Crippen LogP) is 1.47. The molecule has 1 heterocycles. The Labute approximate surface area is 145 Å². The highest BCUT2D eigenvalue weighted by atomic mass is 16.6. The van der Waals surface area contributed by atoms with Gasteiger partial charge in [0, 0.05) is 20.5 Å². The molecular weight excluding hydrogens is 330 g/mol. The number of rotatable bonds is 5. The van der Waals surface area contributed by atoms with Gasteiger partial charge in [0.15, 0.2) is 6.23 Å². The summed E-state index contributed by atoms with van der Waals surface area (Å²) in [6.45, 7) is 1.29. The molecule has 1 fully saturated rings. The van der Waals surface area contributed by atoms with E-state index >= 15 is 0 Å². The van der Waals surface area contributed by atoms with Gasteiger partial charge in [-0.3, -0.25) is 9.69 Å². The van der Waals surface area contributed by atoms with Crippen molar-refractivity contribution in [3.8, 4) is 0 Å². The number of nitrogens with zero attached hydrogens (tertiary/aromatic N) is 1. The minimum atomic E-state index is -0.956. The predicted molar refractivity (Wildman–Crippen MR) is 85.2 cm³/mol. The van der Waals surface area contributed by atoms with Crippen LogP contribution in [0.4, 0.5) is 4.79 Å². The minimum Gasteiger partial charge on any atom is -0.467 e. The summed E-state index contributed by atoms with van der Waals surface area (Å²) in [6.07, 6.45) is -2.39. The van der Waals surface area contributed by atoms with Crippen molar-refractivity contribution in [3.63, 3.8) is 0 Å². The average molecular weight is 351 g/mol. The monoisotopic (exact) mass is 351 g/mol. The topological polar surface area (TPSA) is 91.4 Å². The molecule has 2 rings (SSSR count). The number of benzene rings is 1. The molecule has 8 heteroatoms. The fourth-order valence-electron chi connectivity index (χ4n) is 2.76. The van der Waals surface area contributed by atoms with Crippen LogP contribution in [0.1, 0.15) is 18.9 Å². The van der Waals surface area contributed by atoms with Crippen LogP contribution < -0.4 is 0 Å². The molecular formula is C17H21NO7. The van der Waals surface area contributed by atoms with Gasteiger partial charge in [-0.1, -0.05) is 30.3 Å². The van der Waals surface area contributed by atoms with Crippen LogP contribution in [0.25, 0.3) is 0 Å². The Hall–Kier alpha value is -2.61. The Morgan fingerprint density at radius 1 is 1.16 bits per heavy atom. The summed E-state index contributed by atoms with van der Waals surface area (Å²) in [4.78, 5) is 36.9. The lowest BCUT2D eigenvalue weighted by Gasteiger charge is -2.28. The van der Waals surface area contributed by atoms with Crippen molar-refractivity contribution in [2.75, 3.05) is 14.2 Å². The second-order valence-electron chi connectivity index (χ2n) is 5.50. The smallest absolute Gasteiger partial charge is 0.413 e. The van der Waals surface area contributed by atoms with Gasteiger partial charge in [-0.15, -0.1) is 0 Å². The molecule has 0 aliphatic carbocycles. The number of hydrogen-bond acceptors (Lipinski definition) is 7. The summed E-state index contributed by atoms with van der Waals surface area (Å²) in [6, 6.07) is 8.16. The van der Waals surface area contributed by atoms with Crippen molar-refractivity contribution < 1.29 is 33.3 Å². The molecule has 0 radical (unpaired) electrons. The quantitative estimate of drug-likeness (QED) is 0.586. The Morgan fingerprint density at radius 2 is 1.84 bits per heavy atom. The van der Waals surface area contributed by atoms with Crippen LogP contribution in [0.3, 0.4) is 0 Å². The van der Waals surface area contributed by atoms with Crippen LogP contribution in [0.15, 0.2) is 30.3 Å². The van der Waals surface area contributed by atoms with Crippen molar-refractivity contribution in [2.24, 2.45) is 0 Å². The van der Waals surface area contributed by atoms with Crippen molar-refractivity contribution in [1.29, 1.82) is 0 Å². The molecule has 8 nitrogen and oxygen atoms in total. The van der Waals surface area contributed by atoms with E-state index in [9.17, 15) is 14.4 Å².